The normalized spacial score (nSPS) is 16.0. The highest BCUT2D eigenvalue weighted by Crippen LogP contribution is 2.39. The minimum atomic E-state index is -2.09. The lowest BCUT2D eigenvalue weighted by atomic mass is 10.0. The molecule has 0 spiro atoms. The van der Waals surface area contributed by atoms with E-state index in [1.807, 2.05) is 18.3 Å². The number of rotatable bonds is 7. The Morgan fingerprint density at radius 1 is 1.07 bits per heavy atom. The van der Waals surface area contributed by atoms with E-state index in [0.29, 0.717) is 18.8 Å². The standard InChI is InChI=1S/C30H42N2O7Si/c1-29(2,3)39-28(35)38-22-12-10-19(11-13-22)20-14-21(18-37-40(8,9)30(4,5)6)32(17-20)27(34)23-15-26(36-7)25(33)16-24(23)31/h10-13,15-17,21,33H,14,18,31H2,1-9H3/t21-/m0/s1. The zero-order valence-corrected chi connectivity index (χ0v) is 26.0. The minimum Gasteiger partial charge on any atom is -0.504 e. The van der Waals surface area contributed by atoms with E-state index in [9.17, 15) is 14.7 Å². The zero-order chi connectivity index (χ0) is 30.0. The largest absolute Gasteiger partial charge is 0.514 e. The summed E-state index contributed by atoms with van der Waals surface area (Å²) in [7, 11) is -0.674. The molecule has 9 nitrogen and oxygen atoms in total. The van der Waals surface area contributed by atoms with Crippen LogP contribution in [0.5, 0.6) is 17.2 Å². The van der Waals surface area contributed by atoms with Gasteiger partial charge in [0.1, 0.15) is 11.4 Å². The molecule has 0 bridgehead atoms. The second kappa shape index (κ2) is 11.5. The van der Waals surface area contributed by atoms with Gasteiger partial charge in [-0.25, -0.2) is 4.79 Å². The molecule has 3 rings (SSSR count). The average Bonchev–Trinajstić information content (AvgIpc) is 3.25. The summed E-state index contributed by atoms with van der Waals surface area (Å²) in [6, 6.07) is 9.55. The molecule has 1 aliphatic rings. The zero-order valence-electron chi connectivity index (χ0n) is 25.0. The Labute approximate surface area is 238 Å². The Balaban J connectivity index is 1.89. The third-order valence-corrected chi connectivity index (χ3v) is 11.7. The number of benzene rings is 2. The van der Waals surface area contributed by atoms with Crippen molar-refractivity contribution in [3.63, 3.8) is 0 Å². The van der Waals surface area contributed by atoms with Crippen molar-refractivity contribution in [2.45, 2.75) is 77.7 Å². The van der Waals surface area contributed by atoms with E-state index < -0.39 is 20.1 Å². The number of aromatic hydroxyl groups is 1. The van der Waals surface area contributed by atoms with Gasteiger partial charge in [-0.1, -0.05) is 32.9 Å². The molecule has 3 N–H and O–H groups in total. The van der Waals surface area contributed by atoms with E-state index in [1.165, 1.54) is 19.2 Å². The number of anilines is 1. The van der Waals surface area contributed by atoms with Crippen molar-refractivity contribution in [3.8, 4) is 17.2 Å². The van der Waals surface area contributed by atoms with Crippen LogP contribution in [0, 0.1) is 0 Å². The molecule has 0 aliphatic carbocycles. The number of carbonyl (C=O) groups excluding carboxylic acids is 2. The van der Waals surface area contributed by atoms with Gasteiger partial charge in [0.25, 0.3) is 5.91 Å². The summed E-state index contributed by atoms with van der Waals surface area (Å²) in [4.78, 5) is 27.5. The van der Waals surface area contributed by atoms with Crippen LogP contribution in [0.4, 0.5) is 10.5 Å². The van der Waals surface area contributed by atoms with Crippen LogP contribution in [0.1, 0.15) is 63.9 Å². The van der Waals surface area contributed by atoms with Crippen LogP contribution in [0.2, 0.25) is 18.1 Å². The fraction of sp³-hybridized carbons (Fsp3) is 0.467. The summed E-state index contributed by atoms with van der Waals surface area (Å²) in [6.07, 6.45) is 1.59. The van der Waals surface area contributed by atoms with Crippen LogP contribution in [-0.4, -0.2) is 55.7 Å². The molecular formula is C30H42N2O7Si. The molecular weight excluding hydrogens is 528 g/mol. The minimum absolute atomic E-state index is 0.00935. The first-order valence-electron chi connectivity index (χ1n) is 13.3. The Bertz CT molecular complexity index is 1270. The maximum absolute atomic E-state index is 13.8. The van der Waals surface area contributed by atoms with Crippen molar-refractivity contribution in [2.75, 3.05) is 19.5 Å². The number of methoxy groups -OCH3 is 1. The van der Waals surface area contributed by atoms with E-state index in [1.54, 1.807) is 37.8 Å². The molecule has 0 saturated heterocycles. The molecule has 0 fully saturated rings. The van der Waals surface area contributed by atoms with Crippen LogP contribution in [0.15, 0.2) is 42.6 Å². The molecule has 1 heterocycles. The fourth-order valence-corrected chi connectivity index (χ4v) is 4.97. The number of phenolic OH excluding ortho intramolecular Hbond substituents is 1. The fourth-order valence-electron chi connectivity index (χ4n) is 3.93. The highest BCUT2D eigenvalue weighted by atomic mass is 28.4. The third-order valence-electron chi connectivity index (χ3n) is 7.22. The Kier molecular flexibility index (Phi) is 8.95. The van der Waals surface area contributed by atoms with Crippen molar-refractivity contribution < 1.29 is 33.3 Å². The van der Waals surface area contributed by atoms with Gasteiger partial charge in [-0.15, -0.1) is 0 Å². The third kappa shape index (κ3) is 7.36. The molecule has 1 amide bonds. The van der Waals surface area contributed by atoms with E-state index in [2.05, 4.69) is 33.9 Å². The average molecular weight is 571 g/mol. The van der Waals surface area contributed by atoms with E-state index in [-0.39, 0.29) is 39.7 Å². The maximum Gasteiger partial charge on any atom is 0.514 e. The van der Waals surface area contributed by atoms with Crippen molar-refractivity contribution in [1.82, 2.24) is 4.90 Å². The maximum atomic E-state index is 13.8. The molecule has 2 aromatic rings. The molecule has 10 heteroatoms. The first-order valence-corrected chi connectivity index (χ1v) is 16.2. The van der Waals surface area contributed by atoms with Crippen molar-refractivity contribution in [2.24, 2.45) is 0 Å². The van der Waals surface area contributed by atoms with Crippen LogP contribution in [-0.2, 0) is 9.16 Å². The van der Waals surface area contributed by atoms with Crippen LogP contribution in [0.25, 0.3) is 5.57 Å². The molecule has 1 aliphatic heterocycles. The molecule has 0 radical (unpaired) electrons. The monoisotopic (exact) mass is 570 g/mol. The lowest BCUT2D eigenvalue weighted by Gasteiger charge is -2.38. The van der Waals surface area contributed by atoms with E-state index >= 15 is 0 Å². The topological polar surface area (TPSA) is 121 Å². The number of nitrogen functional groups attached to an aromatic ring is 1. The Hall–Kier alpha value is -3.50. The number of carbonyl (C=O) groups is 2. The second-order valence-electron chi connectivity index (χ2n) is 12.5. The quantitative estimate of drug-likeness (QED) is 0.166. The first kappa shape index (κ1) is 31.0. The van der Waals surface area contributed by atoms with Crippen molar-refractivity contribution in [1.29, 1.82) is 0 Å². The first-order chi connectivity index (χ1) is 18.4. The number of nitrogens with two attached hydrogens (primary N) is 1. The second-order valence-corrected chi connectivity index (χ2v) is 17.3. The molecule has 218 valence electrons. The van der Waals surface area contributed by atoms with E-state index in [0.717, 1.165) is 11.1 Å². The smallest absolute Gasteiger partial charge is 0.504 e. The van der Waals surface area contributed by atoms with Crippen molar-refractivity contribution >= 4 is 31.6 Å². The number of amides is 1. The van der Waals surface area contributed by atoms with Gasteiger partial charge in [0.15, 0.2) is 19.8 Å². The number of phenols is 1. The summed E-state index contributed by atoms with van der Waals surface area (Å²) >= 11 is 0. The summed E-state index contributed by atoms with van der Waals surface area (Å²) in [5.41, 5.74) is 7.66. The molecule has 1 atom stereocenters. The molecule has 0 aromatic heterocycles. The number of nitrogens with zero attached hydrogens (tertiary/aromatic N) is 1. The number of hydrogen-bond acceptors (Lipinski definition) is 8. The van der Waals surface area contributed by atoms with Crippen LogP contribution < -0.4 is 15.2 Å². The summed E-state index contributed by atoms with van der Waals surface area (Å²) in [5, 5.41) is 10.1. The molecule has 40 heavy (non-hydrogen) atoms. The van der Waals surface area contributed by atoms with Gasteiger partial charge in [0.2, 0.25) is 0 Å². The summed E-state index contributed by atoms with van der Waals surface area (Å²) in [6.45, 7) is 16.5. The predicted octanol–water partition coefficient (Wildman–Crippen LogP) is 6.57. The number of ether oxygens (including phenoxy) is 3. The lowest BCUT2D eigenvalue weighted by Crippen LogP contribution is -2.45. The van der Waals surface area contributed by atoms with Gasteiger partial charge < -0.3 is 34.4 Å². The van der Waals surface area contributed by atoms with Gasteiger partial charge in [-0.05, 0) is 74.7 Å². The van der Waals surface area contributed by atoms with Crippen LogP contribution >= 0.6 is 0 Å². The highest BCUT2D eigenvalue weighted by Gasteiger charge is 2.40. The SMILES string of the molecule is COc1cc(C(=O)N2C=C(c3ccc(OC(=O)OC(C)(C)C)cc3)C[C@H]2CO[Si](C)(C)C(C)(C)C)c(N)cc1O. The van der Waals surface area contributed by atoms with Gasteiger partial charge in [-0.3, -0.25) is 4.79 Å². The summed E-state index contributed by atoms with van der Waals surface area (Å²) in [5.74, 6) is 0.0575. The van der Waals surface area contributed by atoms with E-state index in [4.69, 9.17) is 24.4 Å². The van der Waals surface area contributed by atoms with Gasteiger partial charge >= 0.3 is 6.16 Å². The molecule has 0 unspecified atom stereocenters. The Morgan fingerprint density at radius 2 is 1.70 bits per heavy atom. The Morgan fingerprint density at radius 3 is 2.25 bits per heavy atom. The molecule has 2 aromatic carbocycles. The van der Waals surface area contributed by atoms with Gasteiger partial charge in [0, 0.05) is 18.0 Å². The van der Waals surface area contributed by atoms with Crippen molar-refractivity contribution in [3.05, 3.63) is 53.7 Å². The molecule has 0 saturated carbocycles. The predicted molar refractivity (Wildman–Crippen MR) is 158 cm³/mol. The lowest BCUT2D eigenvalue weighted by molar-refractivity contribution is 0.0206. The highest BCUT2D eigenvalue weighted by molar-refractivity contribution is 6.74. The summed E-state index contributed by atoms with van der Waals surface area (Å²) < 4.78 is 22.2. The number of hydrogen-bond donors (Lipinski definition) is 2. The van der Waals surface area contributed by atoms with Gasteiger partial charge in [0.05, 0.1) is 25.3 Å². The van der Waals surface area contributed by atoms with Crippen LogP contribution in [0.3, 0.4) is 0 Å². The van der Waals surface area contributed by atoms with Gasteiger partial charge in [-0.2, -0.15) is 0 Å².